The summed E-state index contributed by atoms with van der Waals surface area (Å²) in [5, 5.41) is 2.99. The zero-order chi connectivity index (χ0) is 9.90. The van der Waals surface area contributed by atoms with Crippen LogP contribution in [0.2, 0.25) is 0 Å². The third kappa shape index (κ3) is 3.45. The second kappa shape index (κ2) is 3.77. The van der Waals surface area contributed by atoms with Gasteiger partial charge in [-0.15, -0.1) is 5.10 Å². The molecule has 0 amide bonds. The van der Waals surface area contributed by atoms with E-state index < -0.39 is 22.4 Å². The predicted molar refractivity (Wildman–Crippen MR) is 38.0 cm³/mol. The molecule has 1 heterocycles. The van der Waals surface area contributed by atoms with Crippen LogP contribution in [-0.2, 0) is 11.3 Å². The fourth-order valence-corrected chi connectivity index (χ4v) is 1.04. The summed E-state index contributed by atoms with van der Waals surface area (Å²) in [7, 11) is 0. The first kappa shape index (κ1) is 10.0. The minimum Gasteiger partial charge on any atom is -0.301 e. The topological polar surface area (TPSA) is 47.8 Å². The normalized spacial score (nSPS) is 11.6. The number of alkyl halides is 3. The van der Waals surface area contributed by atoms with Gasteiger partial charge in [-0.05, 0) is 0 Å². The zero-order valence-corrected chi connectivity index (χ0v) is 6.97. The van der Waals surface area contributed by atoms with Crippen molar-refractivity contribution in [3.63, 3.8) is 0 Å². The van der Waals surface area contributed by atoms with E-state index in [0.29, 0.717) is 6.29 Å². The van der Waals surface area contributed by atoms with Gasteiger partial charge in [-0.1, -0.05) is 0 Å². The van der Waals surface area contributed by atoms with Gasteiger partial charge in [-0.25, -0.2) is 9.67 Å². The molecule has 13 heavy (non-hydrogen) atoms. The summed E-state index contributed by atoms with van der Waals surface area (Å²) in [6.07, 6.45) is 1.60. The Morgan fingerprint density at radius 1 is 1.62 bits per heavy atom. The third-order valence-corrected chi connectivity index (χ3v) is 1.59. The van der Waals surface area contributed by atoms with Gasteiger partial charge in [0.25, 0.3) is 0 Å². The molecule has 8 heteroatoms. The second-order valence-electron chi connectivity index (χ2n) is 1.96. The van der Waals surface area contributed by atoms with Gasteiger partial charge in [0.15, 0.2) is 0 Å². The molecule has 1 aromatic rings. The van der Waals surface area contributed by atoms with Crippen molar-refractivity contribution in [1.82, 2.24) is 14.8 Å². The second-order valence-corrected chi connectivity index (χ2v) is 3.00. The van der Waals surface area contributed by atoms with Gasteiger partial charge in [0.1, 0.15) is 12.6 Å². The lowest BCUT2D eigenvalue weighted by Gasteiger charge is -1.99. The van der Waals surface area contributed by atoms with Gasteiger partial charge >= 0.3 is 5.51 Å². The maximum atomic E-state index is 11.7. The summed E-state index contributed by atoms with van der Waals surface area (Å²) in [6, 6.07) is 0. The Hall–Kier alpha value is -1.05. The lowest BCUT2D eigenvalue weighted by molar-refractivity contribution is -0.108. The van der Waals surface area contributed by atoms with E-state index in [-0.39, 0.29) is 6.54 Å². The number of aldehydes is 1. The van der Waals surface area contributed by atoms with Gasteiger partial charge in [-0.3, -0.25) is 0 Å². The van der Waals surface area contributed by atoms with Crippen molar-refractivity contribution in [2.24, 2.45) is 0 Å². The molecule has 0 spiro atoms. The van der Waals surface area contributed by atoms with Crippen molar-refractivity contribution in [3.05, 3.63) is 6.33 Å². The first-order valence-corrected chi connectivity index (χ1v) is 3.92. The summed E-state index contributed by atoms with van der Waals surface area (Å²) in [5.41, 5.74) is -4.40. The molecule has 0 aliphatic rings. The number of rotatable bonds is 3. The van der Waals surface area contributed by atoms with Crippen LogP contribution in [0.4, 0.5) is 13.2 Å². The molecule has 1 aromatic heterocycles. The molecular formula is C5H4F3N3OS. The van der Waals surface area contributed by atoms with Gasteiger partial charge < -0.3 is 4.79 Å². The SMILES string of the molecule is O=CCn1cnc(SC(F)(F)F)n1. The van der Waals surface area contributed by atoms with Crippen LogP contribution < -0.4 is 0 Å². The molecular weight excluding hydrogens is 207 g/mol. The standard InChI is InChI=1S/C5H4F3N3OS/c6-5(7,8)13-4-9-3-11(10-4)1-2-12/h2-3H,1H2. The number of hydrogen-bond acceptors (Lipinski definition) is 4. The van der Waals surface area contributed by atoms with E-state index in [1.54, 1.807) is 0 Å². The molecule has 1 rings (SSSR count). The monoisotopic (exact) mass is 211 g/mol. The number of halogens is 3. The van der Waals surface area contributed by atoms with Crippen molar-refractivity contribution in [2.75, 3.05) is 0 Å². The van der Waals surface area contributed by atoms with Crippen LogP contribution in [0.15, 0.2) is 11.5 Å². The van der Waals surface area contributed by atoms with Crippen LogP contribution in [0.3, 0.4) is 0 Å². The minimum absolute atomic E-state index is 0.0918. The highest BCUT2D eigenvalue weighted by molar-refractivity contribution is 8.00. The predicted octanol–water partition coefficient (Wildman–Crippen LogP) is 1.09. The van der Waals surface area contributed by atoms with E-state index in [9.17, 15) is 18.0 Å². The highest BCUT2D eigenvalue weighted by Crippen LogP contribution is 2.34. The number of aromatic nitrogens is 3. The summed E-state index contributed by atoms with van der Waals surface area (Å²) >= 11 is -0.412. The smallest absolute Gasteiger partial charge is 0.301 e. The number of thioether (sulfide) groups is 1. The Morgan fingerprint density at radius 2 is 2.31 bits per heavy atom. The van der Waals surface area contributed by atoms with Gasteiger partial charge in [-0.2, -0.15) is 13.2 Å². The van der Waals surface area contributed by atoms with E-state index in [1.807, 2.05) is 0 Å². The van der Waals surface area contributed by atoms with Gasteiger partial charge in [0.2, 0.25) is 5.16 Å². The molecule has 0 radical (unpaired) electrons. The zero-order valence-electron chi connectivity index (χ0n) is 6.15. The number of hydrogen-bond donors (Lipinski definition) is 0. The van der Waals surface area contributed by atoms with Gasteiger partial charge in [0.05, 0.1) is 6.54 Å². The average Bonchev–Trinajstić information content (AvgIpc) is 2.33. The first-order valence-electron chi connectivity index (χ1n) is 3.10. The molecule has 0 saturated heterocycles. The molecule has 0 bridgehead atoms. The van der Waals surface area contributed by atoms with Crippen molar-refractivity contribution in [3.8, 4) is 0 Å². The molecule has 0 atom stereocenters. The van der Waals surface area contributed by atoms with Crippen LogP contribution in [0.25, 0.3) is 0 Å². The summed E-state index contributed by atoms with van der Waals surface area (Å²) in [5.74, 6) is 0. The maximum absolute atomic E-state index is 11.7. The van der Waals surface area contributed by atoms with Crippen molar-refractivity contribution in [1.29, 1.82) is 0 Å². The highest BCUT2D eigenvalue weighted by Gasteiger charge is 2.31. The van der Waals surface area contributed by atoms with Crippen LogP contribution in [0, 0.1) is 0 Å². The fraction of sp³-hybridized carbons (Fsp3) is 0.400. The van der Waals surface area contributed by atoms with E-state index in [4.69, 9.17) is 0 Å². The maximum Gasteiger partial charge on any atom is 0.449 e. The molecule has 0 aliphatic carbocycles. The van der Waals surface area contributed by atoms with Crippen LogP contribution in [-0.4, -0.2) is 26.6 Å². The van der Waals surface area contributed by atoms with Crippen LogP contribution >= 0.6 is 11.8 Å². The molecule has 0 aromatic carbocycles. The summed E-state index contributed by atoms with van der Waals surface area (Å²) in [4.78, 5) is 13.3. The Kier molecular flexibility index (Phi) is 2.91. The number of nitrogens with zero attached hydrogens (tertiary/aromatic N) is 3. The molecule has 0 aliphatic heterocycles. The number of carbonyl (C=O) groups is 1. The van der Waals surface area contributed by atoms with Gasteiger partial charge in [0, 0.05) is 11.8 Å². The Labute approximate surface area is 75.1 Å². The lowest BCUT2D eigenvalue weighted by Crippen LogP contribution is -2.02. The molecule has 4 nitrogen and oxygen atoms in total. The quantitative estimate of drug-likeness (QED) is 0.554. The molecule has 0 N–H and O–H groups in total. The third-order valence-electron chi connectivity index (χ3n) is 0.984. The van der Waals surface area contributed by atoms with Crippen molar-refractivity contribution >= 4 is 18.0 Å². The minimum atomic E-state index is -4.40. The van der Waals surface area contributed by atoms with Crippen molar-refractivity contribution in [2.45, 2.75) is 17.2 Å². The average molecular weight is 211 g/mol. The Balaban J connectivity index is 2.63. The van der Waals surface area contributed by atoms with Crippen molar-refractivity contribution < 1.29 is 18.0 Å². The Morgan fingerprint density at radius 3 is 2.85 bits per heavy atom. The number of carbonyl (C=O) groups excluding carboxylic acids is 1. The van der Waals surface area contributed by atoms with E-state index in [1.165, 1.54) is 0 Å². The van der Waals surface area contributed by atoms with Crippen LogP contribution in [0.5, 0.6) is 0 Å². The summed E-state index contributed by atoms with van der Waals surface area (Å²) in [6.45, 7) is -0.0918. The summed E-state index contributed by atoms with van der Waals surface area (Å²) < 4.78 is 36.3. The Bertz CT molecular complexity index is 297. The molecule has 72 valence electrons. The molecule has 0 saturated carbocycles. The molecule has 0 fully saturated rings. The van der Waals surface area contributed by atoms with E-state index in [0.717, 1.165) is 11.0 Å². The van der Waals surface area contributed by atoms with E-state index in [2.05, 4.69) is 10.1 Å². The highest BCUT2D eigenvalue weighted by atomic mass is 32.2. The fourth-order valence-electron chi connectivity index (χ4n) is 0.592. The lowest BCUT2D eigenvalue weighted by atomic mass is 10.7. The van der Waals surface area contributed by atoms with Crippen LogP contribution in [0.1, 0.15) is 0 Å². The molecule has 0 unspecified atom stereocenters. The van der Waals surface area contributed by atoms with E-state index >= 15 is 0 Å². The largest absolute Gasteiger partial charge is 0.449 e. The first-order chi connectivity index (χ1) is 6.01.